The zero-order valence-corrected chi connectivity index (χ0v) is 10.2. The fraction of sp³-hybridized carbons (Fsp3) is 0.636. The van der Waals surface area contributed by atoms with Crippen molar-refractivity contribution in [2.75, 3.05) is 19.6 Å². The molecular formula is C11H18N2OS. The Bertz CT molecular complexity index is 281. The van der Waals surface area contributed by atoms with E-state index in [-0.39, 0.29) is 0 Å². The van der Waals surface area contributed by atoms with E-state index in [1.807, 2.05) is 0 Å². The van der Waals surface area contributed by atoms with Crippen LogP contribution in [0.2, 0.25) is 0 Å². The Morgan fingerprint density at radius 3 is 2.73 bits per heavy atom. The molecule has 1 aromatic heterocycles. The molecule has 0 saturated heterocycles. The van der Waals surface area contributed by atoms with Crippen LogP contribution in [0.15, 0.2) is 11.7 Å². The molecule has 0 fully saturated rings. The van der Waals surface area contributed by atoms with Gasteiger partial charge < -0.3 is 4.90 Å². The summed E-state index contributed by atoms with van der Waals surface area (Å²) < 4.78 is 0. The molecule has 0 aliphatic heterocycles. The smallest absolute Gasteiger partial charge is 0.139 e. The maximum absolute atomic E-state index is 11.6. The Hall–Kier alpha value is -0.740. The van der Waals surface area contributed by atoms with Gasteiger partial charge in [0.1, 0.15) is 5.78 Å². The molecule has 15 heavy (non-hydrogen) atoms. The van der Waals surface area contributed by atoms with Crippen LogP contribution in [0.4, 0.5) is 0 Å². The van der Waals surface area contributed by atoms with E-state index >= 15 is 0 Å². The zero-order chi connectivity index (χ0) is 11.1. The highest BCUT2D eigenvalue weighted by Crippen LogP contribution is 2.07. The molecule has 0 aliphatic carbocycles. The first-order valence-corrected chi connectivity index (χ1v) is 6.25. The lowest BCUT2D eigenvalue weighted by atomic mass is 10.2. The number of carbonyl (C=O) groups is 1. The molecule has 84 valence electrons. The third-order valence-electron chi connectivity index (χ3n) is 2.46. The lowest BCUT2D eigenvalue weighted by molar-refractivity contribution is -0.118. The molecule has 1 rings (SSSR count). The van der Waals surface area contributed by atoms with Crippen LogP contribution in [0.3, 0.4) is 0 Å². The molecule has 0 spiro atoms. The van der Waals surface area contributed by atoms with Crippen molar-refractivity contribution < 1.29 is 4.79 Å². The van der Waals surface area contributed by atoms with Crippen LogP contribution in [0, 0.1) is 0 Å². The Balaban J connectivity index is 2.24. The molecule has 1 heterocycles. The third-order valence-corrected chi connectivity index (χ3v) is 3.24. The van der Waals surface area contributed by atoms with Gasteiger partial charge in [-0.25, -0.2) is 0 Å². The molecule has 0 atom stereocenters. The molecule has 0 saturated carbocycles. The summed E-state index contributed by atoms with van der Waals surface area (Å²) in [4.78, 5) is 18.9. The molecule has 4 heteroatoms. The number of aromatic nitrogens is 1. The number of hydrogen-bond donors (Lipinski definition) is 0. The van der Waals surface area contributed by atoms with Crippen molar-refractivity contribution in [3.63, 3.8) is 0 Å². The minimum Gasteiger partial charge on any atom is -0.303 e. The monoisotopic (exact) mass is 226 g/mol. The Labute approximate surface area is 95.1 Å². The minimum atomic E-state index is 0.311. The van der Waals surface area contributed by atoms with Gasteiger partial charge in [0.25, 0.3) is 0 Å². The average Bonchev–Trinajstić information content (AvgIpc) is 2.72. The second kappa shape index (κ2) is 6.69. The first kappa shape index (κ1) is 12.3. The van der Waals surface area contributed by atoms with Gasteiger partial charge in [-0.2, -0.15) is 0 Å². The Kier molecular flexibility index (Phi) is 5.50. The van der Waals surface area contributed by atoms with E-state index in [9.17, 15) is 4.79 Å². The van der Waals surface area contributed by atoms with Gasteiger partial charge in [0.15, 0.2) is 0 Å². The van der Waals surface area contributed by atoms with Crippen molar-refractivity contribution in [2.24, 2.45) is 0 Å². The fourth-order valence-corrected chi connectivity index (χ4v) is 2.06. The van der Waals surface area contributed by atoms with Crippen molar-refractivity contribution in [3.8, 4) is 0 Å². The highest BCUT2D eigenvalue weighted by molar-refractivity contribution is 7.09. The number of carbonyl (C=O) groups excluding carboxylic acids is 1. The summed E-state index contributed by atoms with van der Waals surface area (Å²) in [6, 6.07) is 0. The summed E-state index contributed by atoms with van der Waals surface area (Å²) in [6.45, 7) is 7.16. The van der Waals surface area contributed by atoms with E-state index in [1.54, 1.807) is 23.0 Å². The van der Waals surface area contributed by atoms with E-state index in [0.29, 0.717) is 18.6 Å². The summed E-state index contributed by atoms with van der Waals surface area (Å²) in [7, 11) is 0. The molecule has 0 aliphatic rings. The predicted octanol–water partition coefficient (Wildman–Crippen LogP) is 1.99. The van der Waals surface area contributed by atoms with Gasteiger partial charge in [-0.15, -0.1) is 11.3 Å². The molecule has 0 unspecified atom stereocenters. The molecule has 3 nitrogen and oxygen atoms in total. The molecule has 0 bridgehead atoms. The van der Waals surface area contributed by atoms with Crippen molar-refractivity contribution in [3.05, 3.63) is 16.6 Å². The highest BCUT2D eigenvalue weighted by Gasteiger charge is 2.07. The minimum absolute atomic E-state index is 0.311. The van der Waals surface area contributed by atoms with Crippen molar-refractivity contribution in [1.82, 2.24) is 9.88 Å². The van der Waals surface area contributed by atoms with E-state index in [2.05, 4.69) is 23.7 Å². The summed E-state index contributed by atoms with van der Waals surface area (Å²) in [6.07, 6.45) is 2.98. The van der Waals surface area contributed by atoms with E-state index in [4.69, 9.17) is 0 Å². The van der Waals surface area contributed by atoms with Crippen LogP contribution in [0.1, 0.15) is 25.1 Å². The van der Waals surface area contributed by atoms with Crippen LogP contribution < -0.4 is 0 Å². The normalized spacial score (nSPS) is 10.9. The summed E-state index contributed by atoms with van der Waals surface area (Å²) in [5.41, 5.74) is 1.77. The quantitative estimate of drug-likeness (QED) is 0.713. The van der Waals surface area contributed by atoms with Gasteiger partial charge in [-0.1, -0.05) is 13.8 Å². The first-order valence-electron chi connectivity index (χ1n) is 5.37. The van der Waals surface area contributed by atoms with Crippen molar-refractivity contribution in [1.29, 1.82) is 0 Å². The number of thiazole rings is 1. The number of nitrogens with zero attached hydrogens (tertiary/aromatic N) is 2. The van der Waals surface area contributed by atoms with Crippen molar-refractivity contribution in [2.45, 2.75) is 26.7 Å². The summed E-state index contributed by atoms with van der Waals surface area (Å²) in [5.74, 6) is 0.311. The molecule has 0 amide bonds. The lowest BCUT2D eigenvalue weighted by Gasteiger charge is -2.16. The molecular weight excluding hydrogens is 208 g/mol. The molecule has 0 aromatic carbocycles. The summed E-state index contributed by atoms with van der Waals surface area (Å²) in [5, 5.41) is 0. The van der Waals surface area contributed by atoms with Crippen LogP contribution in [0.5, 0.6) is 0 Å². The van der Waals surface area contributed by atoms with Gasteiger partial charge in [0.05, 0.1) is 5.51 Å². The van der Waals surface area contributed by atoms with E-state index in [0.717, 1.165) is 24.5 Å². The Morgan fingerprint density at radius 1 is 1.47 bits per heavy atom. The van der Waals surface area contributed by atoms with Gasteiger partial charge in [0, 0.05) is 30.5 Å². The van der Waals surface area contributed by atoms with Crippen LogP contribution in [0.25, 0.3) is 0 Å². The number of hydrogen-bond acceptors (Lipinski definition) is 4. The number of ketones is 1. The number of rotatable bonds is 7. The zero-order valence-electron chi connectivity index (χ0n) is 9.40. The molecule has 1 aromatic rings. The SMILES string of the molecule is CCN(CC)CCC(=O)Cc1cncs1. The maximum atomic E-state index is 11.6. The summed E-state index contributed by atoms with van der Waals surface area (Å²) >= 11 is 1.55. The van der Waals surface area contributed by atoms with Gasteiger partial charge >= 0.3 is 0 Å². The van der Waals surface area contributed by atoms with Crippen LogP contribution in [-0.4, -0.2) is 35.3 Å². The molecule has 0 radical (unpaired) electrons. The second-order valence-electron chi connectivity index (χ2n) is 3.46. The van der Waals surface area contributed by atoms with Crippen molar-refractivity contribution >= 4 is 17.1 Å². The highest BCUT2D eigenvalue weighted by atomic mass is 32.1. The number of Topliss-reactive ketones (excluding diaryl/α,β-unsaturated/α-hetero) is 1. The van der Waals surface area contributed by atoms with E-state index < -0.39 is 0 Å². The topological polar surface area (TPSA) is 33.2 Å². The average molecular weight is 226 g/mol. The lowest BCUT2D eigenvalue weighted by Crippen LogP contribution is -2.26. The van der Waals surface area contributed by atoms with E-state index in [1.165, 1.54) is 0 Å². The van der Waals surface area contributed by atoms with Gasteiger partial charge in [-0.3, -0.25) is 9.78 Å². The predicted molar refractivity (Wildman–Crippen MR) is 63.2 cm³/mol. The van der Waals surface area contributed by atoms with Gasteiger partial charge in [-0.05, 0) is 13.1 Å². The second-order valence-corrected chi connectivity index (χ2v) is 4.43. The maximum Gasteiger partial charge on any atom is 0.139 e. The standard InChI is InChI=1S/C11H18N2OS/c1-3-13(4-2)6-5-10(14)7-11-8-12-9-15-11/h8-9H,3-7H2,1-2H3. The first-order chi connectivity index (χ1) is 7.26. The fourth-order valence-electron chi connectivity index (χ4n) is 1.43. The Morgan fingerprint density at radius 2 is 2.20 bits per heavy atom. The van der Waals surface area contributed by atoms with Crippen LogP contribution >= 0.6 is 11.3 Å². The van der Waals surface area contributed by atoms with Crippen LogP contribution in [-0.2, 0) is 11.2 Å². The molecule has 0 N–H and O–H groups in total. The van der Waals surface area contributed by atoms with Gasteiger partial charge in [0.2, 0.25) is 0 Å². The largest absolute Gasteiger partial charge is 0.303 e. The third kappa shape index (κ3) is 4.53.